The van der Waals surface area contributed by atoms with Crippen molar-refractivity contribution in [3.05, 3.63) is 73.8 Å². The smallest absolute Gasteiger partial charge is 0.277 e. The molecular weight excluding hydrogens is 330 g/mol. The number of non-ortho nitro benzene ring substituents is 2. The number of hydrogen-bond donors (Lipinski definition) is 1. The van der Waals surface area contributed by atoms with Crippen LogP contribution in [0.15, 0.2) is 42.5 Å². The van der Waals surface area contributed by atoms with Crippen molar-refractivity contribution in [1.29, 1.82) is 0 Å². The van der Waals surface area contributed by atoms with Gasteiger partial charge >= 0.3 is 0 Å². The Hall–Kier alpha value is -3.49. The molecule has 0 aliphatic carbocycles. The normalized spacial score (nSPS) is 15.6. The van der Waals surface area contributed by atoms with Crippen LogP contribution in [0.4, 0.5) is 11.4 Å². The zero-order chi connectivity index (χ0) is 18.0. The molecule has 2 aromatic rings. The zero-order valence-electron chi connectivity index (χ0n) is 12.9. The van der Waals surface area contributed by atoms with Crippen molar-refractivity contribution < 1.29 is 19.4 Å². The molecule has 0 spiro atoms. The molecule has 9 heteroatoms. The van der Waals surface area contributed by atoms with Crippen molar-refractivity contribution in [2.75, 3.05) is 6.61 Å². The Labute approximate surface area is 141 Å². The summed E-state index contributed by atoms with van der Waals surface area (Å²) < 4.78 is 5.51. The monoisotopic (exact) mass is 343 g/mol. The molecule has 128 valence electrons. The Morgan fingerprint density at radius 2 is 1.72 bits per heavy atom. The van der Waals surface area contributed by atoms with Crippen LogP contribution in [0.5, 0.6) is 5.75 Å². The Morgan fingerprint density at radius 1 is 1.08 bits per heavy atom. The minimum Gasteiger partial charge on any atom is -0.493 e. The predicted molar refractivity (Wildman–Crippen MR) is 86.5 cm³/mol. The summed E-state index contributed by atoms with van der Waals surface area (Å²) in [5.41, 5.74) is -0.356. The second-order valence-electron chi connectivity index (χ2n) is 5.45. The second-order valence-corrected chi connectivity index (χ2v) is 5.45. The summed E-state index contributed by atoms with van der Waals surface area (Å²) in [5.74, 6) is 0.0394. The summed E-state index contributed by atoms with van der Waals surface area (Å²) in [4.78, 5) is 32.8. The average molecular weight is 343 g/mol. The number of nitro groups is 2. The summed E-state index contributed by atoms with van der Waals surface area (Å²) in [6, 6.07) is 9.75. The van der Waals surface area contributed by atoms with E-state index in [0.717, 1.165) is 23.8 Å². The van der Waals surface area contributed by atoms with Crippen LogP contribution in [-0.2, 0) is 0 Å². The van der Waals surface area contributed by atoms with E-state index in [9.17, 15) is 25.0 Å². The number of hydrogen-bond acceptors (Lipinski definition) is 6. The first kappa shape index (κ1) is 16.4. The van der Waals surface area contributed by atoms with Crippen LogP contribution in [0.25, 0.3) is 0 Å². The van der Waals surface area contributed by atoms with Gasteiger partial charge in [-0.15, -0.1) is 0 Å². The molecule has 0 saturated heterocycles. The number of amides is 1. The van der Waals surface area contributed by atoms with Gasteiger partial charge in [0, 0.05) is 24.1 Å². The molecule has 1 amide bonds. The number of rotatable bonds is 4. The molecule has 1 heterocycles. The Balaban J connectivity index is 1.89. The minimum atomic E-state index is -0.770. The number of carbonyl (C=O) groups is 1. The molecular formula is C16H13N3O6. The van der Waals surface area contributed by atoms with Gasteiger partial charge in [-0.2, -0.15) is 0 Å². The molecule has 0 aromatic heterocycles. The summed E-state index contributed by atoms with van der Waals surface area (Å²) >= 11 is 0. The number of fused-ring (bicyclic) bond motifs is 1. The zero-order valence-corrected chi connectivity index (χ0v) is 12.9. The average Bonchev–Trinajstić information content (AvgIpc) is 2.61. The highest BCUT2D eigenvalue weighted by Crippen LogP contribution is 2.32. The van der Waals surface area contributed by atoms with Crippen molar-refractivity contribution >= 4 is 17.3 Å². The van der Waals surface area contributed by atoms with E-state index >= 15 is 0 Å². The lowest BCUT2D eigenvalue weighted by molar-refractivity contribution is -0.394. The van der Waals surface area contributed by atoms with Crippen LogP contribution < -0.4 is 10.1 Å². The van der Waals surface area contributed by atoms with Crippen molar-refractivity contribution in [3.8, 4) is 5.75 Å². The number of benzene rings is 2. The van der Waals surface area contributed by atoms with Crippen molar-refractivity contribution in [1.82, 2.24) is 5.32 Å². The maximum Gasteiger partial charge on any atom is 0.277 e. The third-order valence-corrected chi connectivity index (χ3v) is 3.85. The van der Waals surface area contributed by atoms with Gasteiger partial charge in [0.05, 0.1) is 34.1 Å². The van der Waals surface area contributed by atoms with Gasteiger partial charge < -0.3 is 10.1 Å². The molecule has 9 nitrogen and oxygen atoms in total. The summed E-state index contributed by atoms with van der Waals surface area (Å²) in [6.45, 7) is 0.414. The first-order valence-electron chi connectivity index (χ1n) is 7.42. The van der Waals surface area contributed by atoms with Gasteiger partial charge in [-0.25, -0.2) is 0 Å². The summed E-state index contributed by atoms with van der Waals surface area (Å²) in [6.07, 6.45) is 0.528. The third-order valence-electron chi connectivity index (χ3n) is 3.85. The number of ether oxygens (including phenoxy) is 1. The molecule has 0 saturated carbocycles. The fourth-order valence-electron chi connectivity index (χ4n) is 2.67. The standard InChI is InChI=1S/C16H13N3O6/c20-16(10-7-11(18(21)22)9-12(8-10)19(23)24)17-14-5-6-25-15-4-2-1-3-13(14)15/h1-4,7-9,14H,5-6H2,(H,17,20)/t14-/m1/s1. The molecule has 0 bridgehead atoms. The molecule has 1 aliphatic rings. The van der Waals surface area contributed by atoms with Gasteiger partial charge in [0.25, 0.3) is 17.3 Å². The van der Waals surface area contributed by atoms with E-state index in [1.165, 1.54) is 0 Å². The molecule has 3 rings (SSSR count). The Bertz CT molecular complexity index is 834. The van der Waals surface area contributed by atoms with Gasteiger partial charge in [-0.1, -0.05) is 18.2 Å². The first-order valence-corrected chi connectivity index (χ1v) is 7.42. The van der Waals surface area contributed by atoms with Gasteiger partial charge in [0.1, 0.15) is 5.75 Å². The SMILES string of the molecule is O=C(N[C@@H]1CCOc2ccccc21)c1cc([N+](=O)[O-])cc([N+](=O)[O-])c1. The van der Waals surface area contributed by atoms with Crippen molar-refractivity contribution in [2.24, 2.45) is 0 Å². The van der Waals surface area contributed by atoms with E-state index in [4.69, 9.17) is 4.74 Å². The van der Waals surface area contributed by atoms with E-state index in [1.54, 1.807) is 6.07 Å². The Kier molecular flexibility index (Phi) is 4.29. The quantitative estimate of drug-likeness (QED) is 0.672. The van der Waals surface area contributed by atoms with Crippen molar-refractivity contribution in [3.63, 3.8) is 0 Å². The van der Waals surface area contributed by atoms with Gasteiger partial charge in [0.15, 0.2) is 0 Å². The largest absolute Gasteiger partial charge is 0.493 e. The molecule has 0 radical (unpaired) electrons. The number of para-hydroxylation sites is 1. The predicted octanol–water partition coefficient (Wildman–Crippen LogP) is 2.76. The molecule has 1 aliphatic heterocycles. The van der Waals surface area contributed by atoms with Crippen LogP contribution in [0, 0.1) is 20.2 Å². The second kappa shape index (κ2) is 6.56. The molecule has 1 N–H and O–H groups in total. The topological polar surface area (TPSA) is 125 Å². The molecule has 2 aromatic carbocycles. The van der Waals surface area contributed by atoms with E-state index in [-0.39, 0.29) is 11.6 Å². The number of nitrogens with zero attached hydrogens (tertiary/aromatic N) is 2. The number of nitrogens with one attached hydrogen (secondary N) is 1. The number of carbonyl (C=O) groups excluding carboxylic acids is 1. The lowest BCUT2D eigenvalue weighted by Gasteiger charge is -2.26. The summed E-state index contributed by atoms with van der Waals surface area (Å²) in [5, 5.41) is 24.6. The van der Waals surface area contributed by atoms with E-state index in [2.05, 4.69) is 5.32 Å². The first-order chi connectivity index (χ1) is 12.0. The van der Waals surface area contributed by atoms with E-state index < -0.39 is 27.1 Å². The lowest BCUT2D eigenvalue weighted by atomic mass is 10.00. The van der Waals surface area contributed by atoms with E-state index in [1.807, 2.05) is 18.2 Å². The van der Waals surface area contributed by atoms with Crippen LogP contribution in [0.1, 0.15) is 28.4 Å². The maximum atomic E-state index is 12.5. The van der Waals surface area contributed by atoms with Gasteiger partial charge in [0.2, 0.25) is 0 Å². The maximum absolute atomic E-state index is 12.5. The highest BCUT2D eigenvalue weighted by Gasteiger charge is 2.25. The van der Waals surface area contributed by atoms with Gasteiger partial charge in [-0.05, 0) is 6.07 Å². The third kappa shape index (κ3) is 3.39. The molecule has 0 fully saturated rings. The lowest BCUT2D eigenvalue weighted by Crippen LogP contribution is -2.32. The molecule has 25 heavy (non-hydrogen) atoms. The molecule has 0 unspecified atom stereocenters. The van der Waals surface area contributed by atoms with Crippen LogP contribution >= 0.6 is 0 Å². The fraction of sp³-hybridized carbons (Fsp3) is 0.188. The van der Waals surface area contributed by atoms with Gasteiger partial charge in [-0.3, -0.25) is 25.0 Å². The molecule has 1 atom stereocenters. The Morgan fingerprint density at radius 3 is 2.36 bits per heavy atom. The fourth-order valence-corrected chi connectivity index (χ4v) is 2.67. The van der Waals surface area contributed by atoms with Crippen LogP contribution in [0.3, 0.4) is 0 Å². The number of nitro benzene ring substituents is 2. The highest BCUT2D eigenvalue weighted by atomic mass is 16.6. The highest BCUT2D eigenvalue weighted by molar-refractivity contribution is 5.96. The summed E-state index contributed by atoms with van der Waals surface area (Å²) in [7, 11) is 0. The van der Waals surface area contributed by atoms with Crippen molar-refractivity contribution in [2.45, 2.75) is 12.5 Å². The van der Waals surface area contributed by atoms with E-state index in [0.29, 0.717) is 18.8 Å². The van der Waals surface area contributed by atoms with Crippen LogP contribution in [0.2, 0.25) is 0 Å². The van der Waals surface area contributed by atoms with Crippen LogP contribution in [-0.4, -0.2) is 22.4 Å². The minimum absolute atomic E-state index is 0.134.